The van der Waals surface area contributed by atoms with Crippen LogP contribution in [0.25, 0.3) is 22.3 Å². The molecule has 0 amide bonds. The molecular weight excluding hydrogens is 843 g/mol. The first kappa shape index (κ1) is 51.6. The van der Waals surface area contributed by atoms with Gasteiger partial charge in [-0.1, -0.05) is 89.2 Å². The summed E-state index contributed by atoms with van der Waals surface area (Å²) in [4.78, 5) is 42.3. The molecule has 4 aromatic rings. The van der Waals surface area contributed by atoms with Crippen LogP contribution < -0.4 is 4.74 Å². The van der Waals surface area contributed by atoms with Crippen molar-refractivity contribution in [2.24, 2.45) is 5.41 Å². The number of aliphatic hydroxyl groups is 1. The molecule has 12 heteroatoms. The van der Waals surface area contributed by atoms with Crippen molar-refractivity contribution in [3.63, 3.8) is 0 Å². The minimum atomic E-state index is -2.87. The van der Waals surface area contributed by atoms with E-state index in [0.717, 1.165) is 76.6 Å². The van der Waals surface area contributed by atoms with Gasteiger partial charge in [-0.15, -0.1) is 25.3 Å². The highest BCUT2D eigenvalue weighted by atomic mass is 32.1. The fraction of sp³-hybridized carbons (Fsp3) is 0.510. The standard InChI is InChI=1S/C49H70O8P2S2/c1-28-17-36(37(45(5,6)7)21-32(28)34-23-39(47(11,12)13)42(60)19-30(34)3)44(49(25-50,26-55-58(51)52)27-56-59(53)54)57-41-18-29(2)33(22-38(41)46(8,9)10)35-24-40(48(14,15)16)43(61)20-31(35)4/h17-24,44,50-54,60-61H,25-27H2,1-16H3. The first-order valence-corrected chi connectivity index (χ1v) is 23.9. The van der Waals surface area contributed by atoms with Crippen LogP contribution in [0.1, 0.15) is 139 Å². The van der Waals surface area contributed by atoms with Crippen LogP contribution in [0, 0.1) is 33.1 Å². The molecule has 0 aliphatic heterocycles. The van der Waals surface area contributed by atoms with Crippen molar-refractivity contribution < 1.29 is 38.5 Å². The van der Waals surface area contributed by atoms with Gasteiger partial charge < -0.3 is 38.5 Å². The Hall–Kier alpha value is -2.04. The van der Waals surface area contributed by atoms with E-state index >= 15 is 0 Å². The summed E-state index contributed by atoms with van der Waals surface area (Å²) < 4.78 is 18.4. The number of aryl methyl sites for hydroxylation is 4. The fourth-order valence-electron chi connectivity index (χ4n) is 8.09. The zero-order chi connectivity index (χ0) is 46.4. The summed E-state index contributed by atoms with van der Waals surface area (Å²) in [5.41, 5.74) is 10.3. The Balaban J connectivity index is 2.14. The molecule has 336 valence electrons. The van der Waals surface area contributed by atoms with E-state index in [9.17, 15) is 24.7 Å². The van der Waals surface area contributed by atoms with Gasteiger partial charge in [0.05, 0.1) is 25.2 Å². The largest absolute Gasteiger partial charge is 0.485 e. The number of hydrogen-bond donors (Lipinski definition) is 7. The molecule has 0 aliphatic rings. The molecule has 0 heterocycles. The fourth-order valence-corrected chi connectivity index (χ4v) is 10.0. The normalized spacial score (nSPS) is 13.7. The van der Waals surface area contributed by atoms with Crippen molar-refractivity contribution in [2.45, 2.75) is 148 Å². The number of aliphatic hydroxyl groups excluding tert-OH is 1. The predicted molar refractivity (Wildman–Crippen MR) is 260 cm³/mol. The third-order valence-corrected chi connectivity index (χ3v) is 13.0. The average molecular weight is 913 g/mol. The lowest BCUT2D eigenvalue weighted by Gasteiger charge is -2.42. The summed E-state index contributed by atoms with van der Waals surface area (Å²) >= 11 is 9.73. The van der Waals surface area contributed by atoms with Gasteiger partial charge in [0.15, 0.2) is 0 Å². The van der Waals surface area contributed by atoms with Gasteiger partial charge in [0.25, 0.3) is 0 Å². The molecule has 0 bridgehead atoms. The van der Waals surface area contributed by atoms with Gasteiger partial charge in [-0.3, -0.25) is 0 Å². The maximum absolute atomic E-state index is 11.5. The Morgan fingerprint density at radius 3 is 1.16 bits per heavy atom. The van der Waals surface area contributed by atoms with Crippen molar-refractivity contribution in [3.05, 3.63) is 98.6 Å². The Kier molecular flexibility index (Phi) is 16.2. The van der Waals surface area contributed by atoms with Gasteiger partial charge in [0.1, 0.15) is 11.9 Å². The SMILES string of the molecule is Cc1cc(S)c(C(C)(C)C)cc1-c1cc(C(C)(C)C)c(OC(c2cc(C)c(-c3cc(C(C)(C)C)c(S)cc3C)cc2C(C)(C)C)C(CO)(COP(O)O)COP(O)O)cc1C. The third kappa shape index (κ3) is 12.0. The smallest absolute Gasteiger partial charge is 0.327 e. The summed E-state index contributed by atoms with van der Waals surface area (Å²) in [5, 5.41) is 11.5. The number of rotatable bonds is 13. The average Bonchev–Trinajstić information content (AvgIpc) is 3.09. The second kappa shape index (κ2) is 19.2. The molecule has 0 aliphatic carbocycles. The molecule has 8 nitrogen and oxygen atoms in total. The molecule has 4 aromatic carbocycles. The Bertz CT molecular complexity index is 2200. The molecule has 0 saturated carbocycles. The molecule has 4 rings (SSSR count). The van der Waals surface area contributed by atoms with E-state index in [2.05, 4.69) is 146 Å². The van der Waals surface area contributed by atoms with Gasteiger partial charge in [-0.2, -0.15) is 0 Å². The predicted octanol–water partition coefficient (Wildman–Crippen LogP) is 12.6. The first-order chi connectivity index (χ1) is 27.8. The minimum Gasteiger partial charge on any atom is -0.485 e. The Morgan fingerprint density at radius 2 is 0.820 bits per heavy atom. The van der Waals surface area contributed by atoms with Gasteiger partial charge in [-0.05, 0) is 159 Å². The van der Waals surface area contributed by atoms with Crippen molar-refractivity contribution in [3.8, 4) is 28.0 Å². The van der Waals surface area contributed by atoms with E-state index < -0.39 is 59.4 Å². The van der Waals surface area contributed by atoms with Crippen molar-refractivity contribution in [1.82, 2.24) is 0 Å². The van der Waals surface area contributed by atoms with E-state index in [4.69, 9.17) is 39.0 Å². The van der Waals surface area contributed by atoms with E-state index in [-0.39, 0.29) is 10.8 Å². The molecule has 0 spiro atoms. The maximum atomic E-state index is 11.5. The number of thiol groups is 2. The van der Waals surface area contributed by atoms with Crippen LogP contribution in [-0.2, 0) is 30.7 Å². The zero-order valence-corrected chi connectivity index (χ0v) is 42.6. The molecular formula is C49H70O8P2S2. The molecule has 61 heavy (non-hydrogen) atoms. The molecule has 0 radical (unpaired) electrons. The third-order valence-electron chi connectivity index (χ3n) is 11.6. The van der Waals surface area contributed by atoms with Crippen LogP contribution in [0.15, 0.2) is 58.3 Å². The summed E-state index contributed by atoms with van der Waals surface area (Å²) in [5.74, 6) is 0.554. The summed E-state index contributed by atoms with van der Waals surface area (Å²) in [6, 6.07) is 17.2. The first-order valence-electron chi connectivity index (χ1n) is 20.7. The quantitative estimate of drug-likeness (QED) is 0.0522. The van der Waals surface area contributed by atoms with E-state index in [1.165, 1.54) is 0 Å². The molecule has 1 unspecified atom stereocenters. The molecule has 0 saturated heterocycles. The highest BCUT2D eigenvalue weighted by Crippen LogP contribution is 2.50. The van der Waals surface area contributed by atoms with Gasteiger partial charge in [0, 0.05) is 15.4 Å². The van der Waals surface area contributed by atoms with Crippen LogP contribution in [0.4, 0.5) is 0 Å². The minimum absolute atomic E-state index is 0.136. The van der Waals surface area contributed by atoms with Crippen LogP contribution in [-0.4, -0.2) is 44.5 Å². The molecule has 0 fully saturated rings. The van der Waals surface area contributed by atoms with Gasteiger partial charge in [-0.25, -0.2) is 0 Å². The lowest BCUT2D eigenvalue weighted by atomic mass is 9.73. The highest BCUT2D eigenvalue weighted by Gasteiger charge is 2.46. The number of benzene rings is 4. The number of ether oxygens (including phenoxy) is 1. The topological polar surface area (TPSA) is 129 Å². The van der Waals surface area contributed by atoms with E-state index in [1.54, 1.807) is 0 Å². The Labute approximate surface area is 379 Å². The van der Waals surface area contributed by atoms with E-state index in [0.29, 0.717) is 11.3 Å². The second-order valence-electron chi connectivity index (χ2n) is 20.9. The lowest BCUT2D eigenvalue weighted by Crippen LogP contribution is -2.44. The zero-order valence-electron chi connectivity index (χ0n) is 39.1. The highest BCUT2D eigenvalue weighted by molar-refractivity contribution is 7.80. The van der Waals surface area contributed by atoms with E-state index in [1.807, 2.05) is 13.0 Å². The van der Waals surface area contributed by atoms with Crippen LogP contribution in [0.2, 0.25) is 0 Å². The molecule has 1 atom stereocenters. The monoisotopic (exact) mass is 912 g/mol. The molecule has 5 N–H and O–H groups in total. The number of hydrogen-bond acceptors (Lipinski definition) is 10. The summed E-state index contributed by atoms with van der Waals surface area (Å²) in [6.45, 7) is 32.6. The van der Waals surface area contributed by atoms with Gasteiger partial charge in [0.2, 0.25) is 0 Å². The lowest BCUT2D eigenvalue weighted by molar-refractivity contribution is -0.0664. The van der Waals surface area contributed by atoms with Crippen LogP contribution >= 0.6 is 42.5 Å². The summed E-state index contributed by atoms with van der Waals surface area (Å²) in [7, 11) is -5.74. The van der Waals surface area contributed by atoms with Crippen molar-refractivity contribution >= 4 is 42.5 Å². The Morgan fingerprint density at radius 1 is 0.492 bits per heavy atom. The maximum Gasteiger partial charge on any atom is 0.327 e. The molecule has 0 aromatic heterocycles. The van der Waals surface area contributed by atoms with Crippen molar-refractivity contribution in [1.29, 1.82) is 0 Å². The van der Waals surface area contributed by atoms with Crippen molar-refractivity contribution in [2.75, 3.05) is 19.8 Å². The van der Waals surface area contributed by atoms with Crippen LogP contribution in [0.3, 0.4) is 0 Å². The second-order valence-corrected chi connectivity index (χ2v) is 23.3. The summed E-state index contributed by atoms with van der Waals surface area (Å²) in [6.07, 6.45) is -1.07. The van der Waals surface area contributed by atoms with Gasteiger partial charge >= 0.3 is 17.2 Å². The van der Waals surface area contributed by atoms with Crippen LogP contribution in [0.5, 0.6) is 5.75 Å².